The van der Waals surface area contributed by atoms with Crippen molar-refractivity contribution in [1.82, 2.24) is 0 Å². The summed E-state index contributed by atoms with van der Waals surface area (Å²) in [6, 6.07) is 0. The van der Waals surface area contributed by atoms with Crippen LogP contribution in [0.25, 0.3) is 0 Å². The molecule has 12 nitrogen and oxygen atoms in total. The summed E-state index contributed by atoms with van der Waals surface area (Å²) in [5, 5.41) is 58.9. The van der Waals surface area contributed by atoms with Crippen LogP contribution < -0.4 is 0 Å². The molecule has 2 aliphatic heterocycles. The highest BCUT2D eigenvalue weighted by atomic mass is 16.7. The van der Waals surface area contributed by atoms with Crippen molar-refractivity contribution in [3.8, 4) is 0 Å². The van der Waals surface area contributed by atoms with Crippen molar-refractivity contribution in [2.45, 2.75) is 75.5 Å². The first kappa shape index (κ1) is 24.3. The normalized spacial score (nSPS) is 32.7. The fourth-order valence-electron chi connectivity index (χ4n) is 2.97. The Bertz CT molecular complexity index is 633. The van der Waals surface area contributed by atoms with E-state index < -0.39 is 79.6 Å². The summed E-state index contributed by atoms with van der Waals surface area (Å²) in [5.41, 5.74) is 0. The minimum atomic E-state index is -1.82. The maximum Gasteiger partial charge on any atom is 0.378 e. The number of hydrogen-bond donors (Lipinski definition) is 6. The second-order valence-electron chi connectivity index (χ2n) is 7.06. The molecule has 2 rings (SSSR count). The summed E-state index contributed by atoms with van der Waals surface area (Å²) < 4.78 is 19.9. The Balaban J connectivity index is 1.98. The van der Waals surface area contributed by atoms with Crippen molar-refractivity contribution in [2.24, 2.45) is 0 Å². The zero-order chi connectivity index (χ0) is 22.4. The third kappa shape index (κ3) is 5.59. The molecule has 0 aromatic rings. The van der Waals surface area contributed by atoms with Gasteiger partial charge in [-0.25, -0.2) is 4.79 Å². The van der Waals surface area contributed by atoms with E-state index in [4.69, 9.17) is 18.9 Å². The van der Waals surface area contributed by atoms with E-state index in [9.17, 15) is 40.2 Å². The van der Waals surface area contributed by atoms with Crippen molar-refractivity contribution < 1.29 is 59.2 Å². The van der Waals surface area contributed by atoms with E-state index in [0.29, 0.717) is 6.42 Å². The second-order valence-corrected chi connectivity index (χ2v) is 7.06. The monoisotopic (exact) mass is 436 g/mol. The van der Waals surface area contributed by atoms with Crippen molar-refractivity contribution in [3.05, 3.63) is 11.5 Å². The van der Waals surface area contributed by atoms with Gasteiger partial charge in [0.05, 0.1) is 6.61 Å². The van der Waals surface area contributed by atoms with Gasteiger partial charge in [-0.3, -0.25) is 4.79 Å². The lowest BCUT2D eigenvalue weighted by Gasteiger charge is -2.39. The quantitative estimate of drug-likeness (QED) is 0.163. The van der Waals surface area contributed by atoms with Crippen LogP contribution in [0.1, 0.15) is 32.6 Å². The standard InChI is InChI=1S/C18H28O12/c1-2-3-4-5-10(21)27-7-8(20)15-14(25)16(17(26)29-15)30-18-13(24)12(23)11(22)9(6-19)28-18/h8-9,11-13,15,18-20,22-25H,2-7H2,1H3/t8-,9+,11+,12-,13+,15+,18-/m0/s1. The number of hydrogen-bond acceptors (Lipinski definition) is 12. The highest BCUT2D eigenvalue weighted by Gasteiger charge is 2.48. The van der Waals surface area contributed by atoms with Gasteiger partial charge in [0, 0.05) is 6.42 Å². The van der Waals surface area contributed by atoms with Crippen LogP contribution in [0.4, 0.5) is 0 Å². The molecule has 12 heteroatoms. The lowest BCUT2D eigenvalue weighted by atomic mass is 9.99. The molecule has 0 amide bonds. The highest BCUT2D eigenvalue weighted by molar-refractivity contribution is 5.89. The molecule has 6 N–H and O–H groups in total. The van der Waals surface area contributed by atoms with Gasteiger partial charge >= 0.3 is 11.9 Å². The number of esters is 2. The predicted molar refractivity (Wildman–Crippen MR) is 95.5 cm³/mol. The average molecular weight is 436 g/mol. The fraction of sp³-hybridized carbons (Fsp3) is 0.778. The van der Waals surface area contributed by atoms with Crippen LogP contribution >= 0.6 is 0 Å². The molecule has 0 aliphatic carbocycles. The molecular weight excluding hydrogens is 408 g/mol. The summed E-state index contributed by atoms with van der Waals surface area (Å²) in [4.78, 5) is 23.6. The minimum absolute atomic E-state index is 0.165. The highest BCUT2D eigenvalue weighted by Crippen LogP contribution is 2.29. The smallest absolute Gasteiger partial charge is 0.378 e. The van der Waals surface area contributed by atoms with Gasteiger partial charge in [-0.05, 0) is 6.42 Å². The van der Waals surface area contributed by atoms with Crippen LogP contribution in [-0.4, -0.2) is 98.7 Å². The Morgan fingerprint density at radius 3 is 2.50 bits per heavy atom. The van der Waals surface area contributed by atoms with Gasteiger partial charge in [0.15, 0.2) is 11.9 Å². The maximum absolute atomic E-state index is 12.0. The Labute approximate surface area is 172 Å². The van der Waals surface area contributed by atoms with Crippen molar-refractivity contribution in [1.29, 1.82) is 0 Å². The van der Waals surface area contributed by atoms with E-state index in [0.717, 1.165) is 12.8 Å². The average Bonchev–Trinajstić information content (AvgIpc) is 3.00. The summed E-state index contributed by atoms with van der Waals surface area (Å²) in [6.07, 6.45) is -8.82. The van der Waals surface area contributed by atoms with Gasteiger partial charge in [-0.1, -0.05) is 19.8 Å². The summed E-state index contributed by atoms with van der Waals surface area (Å²) >= 11 is 0. The zero-order valence-electron chi connectivity index (χ0n) is 16.4. The number of carbonyl (C=O) groups is 2. The van der Waals surface area contributed by atoms with Crippen LogP contribution in [0.3, 0.4) is 0 Å². The number of carbonyl (C=O) groups excluding carboxylic acids is 2. The number of aliphatic hydroxyl groups is 6. The first-order valence-corrected chi connectivity index (χ1v) is 9.66. The van der Waals surface area contributed by atoms with Crippen molar-refractivity contribution in [2.75, 3.05) is 13.2 Å². The molecule has 0 aromatic carbocycles. The molecule has 0 radical (unpaired) electrons. The van der Waals surface area contributed by atoms with Crippen LogP contribution in [0.15, 0.2) is 11.5 Å². The van der Waals surface area contributed by atoms with Crippen molar-refractivity contribution in [3.63, 3.8) is 0 Å². The largest absolute Gasteiger partial charge is 0.505 e. The van der Waals surface area contributed by atoms with E-state index in [-0.39, 0.29) is 6.42 Å². The minimum Gasteiger partial charge on any atom is -0.505 e. The van der Waals surface area contributed by atoms with E-state index in [2.05, 4.69) is 0 Å². The topological polar surface area (TPSA) is 192 Å². The zero-order valence-corrected chi connectivity index (χ0v) is 16.4. The van der Waals surface area contributed by atoms with Gasteiger partial charge in [0.25, 0.3) is 0 Å². The third-order valence-electron chi connectivity index (χ3n) is 4.75. The van der Waals surface area contributed by atoms with Crippen LogP contribution in [0.2, 0.25) is 0 Å². The summed E-state index contributed by atoms with van der Waals surface area (Å²) in [6.45, 7) is 0.716. The molecule has 30 heavy (non-hydrogen) atoms. The van der Waals surface area contributed by atoms with Gasteiger partial charge in [0.2, 0.25) is 12.0 Å². The number of aliphatic hydroxyl groups excluding tert-OH is 6. The molecule has 0 spiro atoms. The van der Waals surface area contributed by atoms with Crippen LogP contribution in [0.5, 0.6) is 0 Å². The molecule has 2 aliphatic rings. The molecule has 1 fully saturated rings. The molecule has 0 aromatic heterocycles. The van der Waals surface area contributed by atoms with E-state index in [1.807, 2.05) is 6.92 Å². The SMILES string of the molecule is CCCCCC(=O)OC[C@H](O)[C@H]1OC(=O)C(O[C@@H]2O[C@H](CO)[C@@H](O)[C@H](O)[C@H]2O)=C1O. The van der Waals surface area contributed by atoms with Gasteiger partial charge in [-0.2, -0.15) is 0 Å². The lowest BCUT2D eigenvalue weighted by Crippen LogP contribution is -2.59. The molecule has 7 atom stereocenters. The van der Waals surface area contributed by atoms with E-state index >= 15 is 0 Å². The van der Waals surface area contributed by atoms with Gasteiger partial charge < -0.3 is 49.6 Å². The number of cyclic esters (lactones) is 1. The Morgan fingerprint density at radius 1 is 1.17 bits per heavy atom. The predicted octanol–water partition coefficient (Wildman–Crippen LogP) is -2.02. The molecule has 1 saturated heterocycles. The van der Waals surface area contributed by atoms with E-state index in [1.165, 1.54) is 0 Å². The molecular formula is C18H28O12. The Hall–Kier alpha value is -1.96. The second kappa shape index (κ2) is 10.9. The molecule has 0 saturated carbocycles. The molecule has 0 unspecified atom stereocenters. The summed E-state index contributed by atoms with van der Waals surface area (Å²) in [5.74, 6) is -3.36. The van der Waals surface area contributed by atoms with E-state index in [1.54, 1.807) is 0 Å². The third-order valence-corrected chi connectivity index (χ3v) is 4.75. The van der Waals surface area contributed by atoms with Crippen LogP contribution in [0, 0.1) is 0 Å². The maximum atomic E-state index is 12.0. The van der Waals surface area contributed by atoms with Crippen molar-refractivity contribution >= 4 is 11.9 Å². The number of ether oxygens (including phenoxy) is 4. The van der Waals surface area contributed by atoms with Crippen LogP contribution in [-0.2, 0) is 28.5 Å². The Kier molecular flexibility index (Phi) is 8.82. The number of unbranched alkanes of at least 4 members (excludes halogenated alkanes) is 2. The van der Waals surface area contributed by atoms with Gasteiger partial charge in [-0.15, -0.1) is 0 Å². The summed E-state index contributed by atoms with van der Waals surface area (Å²) in [7, 11) is 0. The fourth-order valence-corrected chi connectivity index (χ4v) is 2.97. The first-order chi connectivity index (χ1) is 14.2. The molecule has 2 heterocycles. The first-order valence-electron chi connectivity index (χ1n) is 9.66. The molecule has 172 valence electrons. The van der Waals surface area contributed by atoms with Gasteiger partial charge in [0.1, 0.15) is 37.1 Å². The Morgan fingerprint density at radius 2 is 1.87 bits per heavy atom. The lowest BCUT2D eigenvalue weighted by molar-refractivity contribution is -0.291. The number of rotatable bonds is 10. The molecule has 0 bridgehead atoms.